The van der Waals surface area contributed by atoms with Crippen LogP contribution in [0, 0.1) is 0 Å². The van der Waals surface area contributed by atoms with Crippen molar-refractivity contribution in [3.05, 3.63) is 33.8 Å². The summed E-state index contributed by atoms with van der Waals surface area (Å²) < 4.78 is 0.937. The molecular weight excluding hydrogens is 298 g/mol. The van der Waals surface area contributed by atoms with Gasteiger partial charge in [0.1, 0.15) is 12.2 Å². The molecule has 1 aromatic rings. The summed E-state index contributed by atoms with van der Waals surface area (Å²) in [5, 5.41) is 22.4. The van der Waals surface area contributed by atoms with Crippen molar-refractivity contribution in [1.82, 2.24) is 5.32 Å². The maximum absolute atomic E-state index is 10.8. The second-order valence-corrected chi connectivity index (χ2v) is 5.06. The molecule has 0 fully saturated rings. The number of carbonyl (C=O) groups excluding carboxylic acids is 1. The summed E-state index contributed by atoms with van der Waals surface area (Å²) in [6.07, 6.45) is -1.25. The molecule has 0 spiro atoms. The van der Waals surface area contributed by atoms with Crippen LogP contribution in [0.25, 0.3) is 0 Å². The minimum absolute atomic E-state index is 0.0374. The molecule has 4 nitrogen and oxygen atoms in total. The molecule has 0 heterocycles. The topological polar surface area (TPSA) is 69.6 Å². The zero-order chi connectivity index (χ0) is 13.7. The number of aliphatic hydroxyl groups excluding tert-OH is 2. The van der Waals surface area contributed by atoms with E-state index in [0.717, 1.165) is 16.5 Å². The summed E-state index contributed by atoms with van der Waals surface area (Å²) in [5.74, 6) is -0.229. The van der Waals surface area contributed by atoms with Crippen molar-refractivity contribution < 1.29 is 15.0 Å². The van der Waals surface area contributed by atoms with Gasteiger partial charge in [0.05, 0.1) is 0 Å². The smallest absolute Gasteiger partial charge is 0.216 e. The molecule has 1 amide bonds. The Kier molecular flexibility index (Phi) is 5.78. The fraction of sp³-hybridized carbons (Fsp3) is 0.462. The van der Waals surface area contributed by atoms with Gasteiger partial charge in [0.2, 0.25) is 5.91 Å². The van der Waals surface area contributed by atoms with E-state index in [4.69, 9.17) is 0 Å². The number of benzene rings is 1. The number of nitrogens with one attached hydrogen (secondary N) is 1. The molecule has 1 aromatic carbocycles. The van der Waals surface area contributed by atoms with E-state index in [-0.39, 0.29) is 12.5 Å². The molecule has 5 heteroatoms. The van der Waals surface area contributed by atoms with E-state index >= 15 is 0 Å². The van der Waals surface area contributed by atoms with Gasteiger partial charge >= 0.3 is 0 Å². The molecule has 18 heavy (non-hydrogen) atoms. The first kappa shape index (κ1) is 15.1. The molecule has 0 bridgehead atoms. The lowest BCUT2D eigenvalue weighted by Gasteiger charge is -2.21. The molecule has 0 aliphatic heterocycles. The number of hydrogen-bond donors (Lipinski definition) is 3. The Morgan fingerprint density at radius 2 is 2.11 bits per heavy atom. The molecule has 2 unspecified atom stereocenters. The van der Waals surface area contributed by atoms with Crippen molar-refractivity contribution >= 4 is 21.8 Å². The van der Waals surface area contributed by atoms with E-state index in [0.29, 0.717) is 5.56 Å². The zero-order valence-electron chi connectivity index (χ0n) is 10.5. The van der Waals surface area contributed by atoms with Gasteiger partial charge in [-0.25, -0.2) is 0 Å². The molecule has 100 valence electrons. The van der Waals surface area contributed by atoms with Gasteiger partial charge in [-0.2, -0.15) is 0 Å². The molecule has 0 aliphatic carbocycles. The lowest BCUT2D eigenvalue weighted by atomic mass is 9.97. The second kappa shape index (κ2) is 6.87. The first-order valence-corrected chi connectivity index (χ1v) is 6.64. The van der Waals surface area contributed by atoms with Crippen molar-refractivity contribution in [1.29, 1.82) is 0 Å². The van der Waals surface area contributed by atoms with E-state index in [9.17, 15) is 15.0 Å². The first-order chi connectivity index (χ1) is 8.45. The number of hydrogen-bond acceptors (Lipinski definition) is 3. The minimum atomic E-state index is -1.01. The Morgan fingerprint density at radius 3 is 2.67 bits per heavy atom. The maximum Gasteiger partial charge on any atom is 0.216 e. The fourth-order valence-corrected chi connectivity index (χ4v) is 2.14. The van der Waals surface area contributed by atoms with Gasteiger partial charge in [0, 0.05) is 17.9 Å². The summed E-state index contributed by atoms with van der Waals surface area (Å²) in [5.41, 5.74) is 1.66. The van der Waals surface area contributed by atoms with Crippen molar-refractivity contribution in [2.75, 3.05) is 6.54 Å². The SMILES string of the molecule is CCc1cc(Br)ccc1C(O)C(O)CNC(C)=O. The average Bonchev–Trinajstić information content (AvgIpc) is 2.34. The van der Waals surface area contributed by atoms with Crippen molar-refractivity contribution in [2.24, 2.45) is 0 Å². The molecule has 1 rings (SSSR count). The van der Waals surface area contributed by atoms with Crippen molar-refractivity contribution in [3.63, 3.8) is 0 Å². The third-order valence-corrected chi connectivity index (χ3v) is 3.22. The van der Waals surface area contributed by atoms with Gasteiger partial charge in [-0.3, -0.25) is 4.79 Å². The summed E-state index contributed by atoms with van der Waals surface area (Å²) in [7, 11) is 0. The Balaban J connectivity index is 2.82. The van der Waals surface area contributed by atoms with Crippen LogP contribution in [0.4, 0.5) is 0 Å². The highest BCUT2D eigenvalue weighted by Crippen LogP contribution is 2.25. The predicted octanol–water partition coefficient (Wildman–Crippen LogP) is 1.54. The average molecular weight is 316 g/mol. The molecule has 0 aromatic heterocycles. The molecule has 0 aliphatic rings. The van der Waals surface area contributed by atoms with E-state index in [1.54, 1.807) is 6.07 Å². The molecule has 2 atom stereocenters. The van der Waals surface area contributed by atoms with E-state index in [1.807, 2.05) is 19.1 Å². The predicted molar refractivity (Wildman–Crippen MR) is 73.2 cm³/mol. The number of carbonyl (C=O) groups is 1. The fourth-order valence-electron chi connectivity index (χ4n) is 1.74. The Hall–Kier alpha value is -0.910. The normalized spacial score (nSPS) is 14.1. The Labute approximate surface area is 115 Å². The lowest BCUT2D eigenvalue weighted by Crippen LogP contribution is -2.34. The summed E-state index contributed by atoms with van der Waals surface area (Å²) in [4.78, 5) is 10.8. The van der Waals surface area contributed by atoms with Crippen LogP contribution in [0.3, 0.4) is 0 Å². The van der Waals surface area contributed by atoms with E-state index in [1.165, 1.54) is 6.92 Å². The van der Waals surface area contributed by atoms with Gasteiger partial charge in [0.25, 0.3) is 0 Å². The number of rotatable bonds is 5. The number of amides is 1. The minimum Gasteiger partial charge on any atom is -0.388 e. The van der Waals surface area contributed by atoms with Gasteiger partial charge in [-0.15, -0.1) is 0 Å². The van der Waals surface area contributed by atoms with Crippen LogP contribution < -0.4 is 5.32 Å². The maximum atomic E-state index is 10.8. The van der Waals surface area contributed by atoms with Crippen molar-refractivity contribution in [3.8, 4) is 0 Å². The van der Waals surface area contributed by atoms with Crippen LogP contribution in [0.5, 0.6) is 0 Å². The highest BCUT2D eigenvalue weighted by atomic mass is 79.9. The van der Waals surface area contributed by atoms with Gasteiger partial charge in [0.15, 0.2) is 0 Å². The van der Waals surface area contributed by atoms with Crippen LogP contribution in [-0.4, -0.2) is 28.8 Å². The van der Waals surface area contributed by atoms with Gasteiger partial charge in [-0.05, 0) is 29.7 Å². The highest BCUT2D eigenvalue weighted by Gasteiger charge is 2.20. The Morgan fingerprint density at radius 1 is 1.44 bits per heavy atom. The molecule has 3 N–H and O–H groups in total. The first-order valence-electron chi connectivity index (χ1n) is 5.84. The second-order valence-electron chi connectivity index (χ2n) is 4.15. The number of aliphatic hydroxyl groups is 2. The summed E-state index contributed by atoms with van der Waals surface area (Å²) >= 11 is 3.37. The molecule has 0 saturated carbocycles. The van der Waals surface area contributed by atoms with E-state index in [2.05, 4.69) is 21.2 Å². The third kappa shape index (κ3) is 4.08. The molecular formula is C13H18BrNO3. The summed E-state index contributed by atoms with van der Waals surface area (Å²) in [6.45, 7) is 3.39. The summed E-state index contributed by atoms with van der Waals surface area (Å²) in [6, 6.07) is 5.52. The van der Waals surface area contributed by atoms with Crippen molar-refractivity contribution in [2.45, 2.75) is 32.5 Å². The largest absolute Gasteiger partial charge is 0.388 e. The highest BCUT2D eigenvalue weighted by molar-refractivity contribution is 9.10. The van der Waals surface area contributed by atoms with E-state index < -0.39 is 12.2 Å². The number of halogens is 1. The number of aryl methyl sites for hydroxylation is 1. The van der Waals surface area contributed by atoms with Crippen LogP contribution in [-0.2, 0) is 11.2 Å². The Bertz CT molecular complexity index is 423. The lowest BCUT2D eigenvalue weighted by molar-refractivity contribution is -0.119. The van der Waals surface area contributed by atoms with Crippen LogP contribution >= 0.6 is 15.9 Å². The molecule has 0 radical (unpaired) electrons. The van der Waals surface area contributed by atoms with Gasteiger partial charge in [-0.1, -0.05) is 28.9 Å². The van der Waals surface area contributed by atoms with Crippen LogP contribution in [0.1, 0.15) is 31.1 Å². The molecule has 0 saturated heterocycles. The monoisotopic (exact) mass is 315 g/mol. The van der Waals surface area contributed by atoms with Crippen LogP contribution in [0.2, 0.25) is 0 Å². The third-order valence-electron chi connectivity index (χ3n) is 2.73. The van der Waals surface area contributed by atoms with Crippen LogP contribution in [0.15, 0.2) is 22.7 Å². The standard InChI is InChI=1S/C13H18BrNO3/c1-3-9-6-10(14)4-5-11(9)13(18)12(17)7-15-8(2)16/h4-6,12-13,17-18H,3,7H2,1-2H3,(H,15,16). The quantitative estimate of drug-likeness (QED) is 0.772. The van der Waals surface area contributed by atoms with Gasteiger partial charge < -0.3 is 15.5 Å². The zero-order valence-corrected chi connectivity index (χ0v) is 12.1.